The molecule has 30 heavy (non-hydrogen) atoms. The third kappa shape index (κ3) is 4.65. The van der Waals surface area contributed by atoms with Gasteiger partial charge in [0.25, 0.3) is 5.91 Å². The van der Waals surface area contributed by atoms with Gasteiger partial charge in [-0.15, -0.1) is 16.4 Å². The summed E-state index contributed by atoms with van der Waals surface area (Å²) in [4.78, 5) is 41.4. The van der Waals surface area contributed by atoms with E-state index in [9.17, 15) is 14.4 Å². The molecule has 3 aromatic rings. The highest BCUT2D eigenvalue weighted by Gasteiger charge is 2.25. The number of carbonyl (C=O) groups is 2. The van der Waals surface area contributed by atoms with Crippen molar-refractivity contribution in [2.24, 2.45) is 0 Å². The molecule has 0 atom stereocenters. The van der Waals surface area contributed by atoms with Crippen LogP contribution < -0.4 is 5.69 Å². The highest BCUT2D eigenvalue weighted by molar-refractivity contribution is 7.99. The van der Waals surface area contributed by atoms with E-state index >= 15 is 0 Å². The monoisotopic (exact) mass is 443 g/mol. The lowest BCUT2D eigenvalue weighted by Crippen LogP contribution is -2.51. The smallest absolute Gasteiger partial charge is 0.338 e. The van der Waals surface area contributed by atoms with Gasteiger partial charge in [0, 0.05) is 26.2 Å². The van der Waals surface area contributed by atoms with Gasteiger partial charge in [-0.1, -0.05) is 48.2 Å². The Balaban J connectivity index is 1.31. The summed E-state index contributed by atoms with van der Waals surface area (Å²) < 4.78 is 1.53. The molecular formula is C20H21N5O3S2. The van der Waals surface area contributed by atoms with E-state index in [4.69, 9.17) is 0 Å². The van der Waals surface area contributed by atoms with Crippen LogP contribution in [0.4, 0.5) is 0 Å². The first kappa shape index (κ1) is 20.4. The maximum atomic E-state index is 12.6. The van der Waals surface area contributed by atoms with Gasteiger partial charge in [0.1, 0.15) is 0 Å². The summed E-state index contributed by atoms with van der Waals surface area (Å²) in [6.07, 6.45) is 0. The number of thioether (sulfide) groups is 1. The number of aromatic nitrogens is 3. The number of piperazine rings is 1. The number of thiophene rings is 1. The summed E-state index contributed by atoms with van der Waals surface area (Å²) in [7, 11) is 0. The van der Waals surface area contributed by atoms with Crippen molar-refractivity contribution in [2.45, 2.75) is 11.7 Å². The Morgan fingerprint density at radius 3 is 2.47 bits per heavy atom. The number of benzene rings is 1. The second-order valence-corrected chi connectivity index (χ2v) is 8.71. The maximum absolute atomic E-state index is 12.6. The van der Waals surface area contributed by atoms with Crippen molar-refractivity contribution in [2.75, 3.05) is 31.9 Å². The molecule has 1 fully saturated rings. The molecule has 2 aromatic heterocycles. The molecule has 1 N–H and O–H groups in total. The van der Waals surface area contributed by atoms with Crippen molar-refractivity contribution in [3.63, 3.8) is 0 Å². The van der Waals surface area contributed by atoms with E-state index in [2.05, 4.69) is 10.2 Å². The molecule has 1 aliphatic rings. The Morgan fingerprint density at radius 2 is 1.77 bits per heavy atom. The number of amides is 2. The SMILES string of the molecule is O=C(CSc1n[nH]c(=O)n1Cc1ccccc1)N1CCN(C(=O)c2cccs2)CC1. The lowest BCUT2D eigenvalue weighted by molar-refractivity contribution is -0.129. The largest absolute Gasteiger partial charge is 0.344 e. The number of carbonyl (C=O) groups excluding carboxylic acids is 2. The molecule has 0 spiro atoms. The van der Waals surface area contributed by atoms with E-state index in [0.29, 0.717) is 37.9 Å². The Kier molecular flexibility index (Phi) is 6.34. The minimum atomic E-state index is -0.297. The van der Waals surface area contributed by atoms with Crippen molar-refractivity contribution in [1.82, 2.24) is 24.6 Å². The van der Waals surface area contributed by atoms with Crippen LogP contribution in [0.2, 0.25) is 0 Å². The second kappa shape index (κ2) is 9.31. The van der Waals surface area contributed by atoms with Gasteiger partial charge >= 0.3 is 5.69 Å². The number of H-pyrrole nitrogens is 1. The van der Waals surface area contributed by atoms with Crippen molar-refractivity contribution < 1.29 is 9.59 Å². The summed E-state index contributed by atoms with van der Waals surface area (Å²) in [6.45, 7) is 2.46. The normalized spacial score (nSPS) is 14.1. The fourth-order valence-corrected chi connectivity index (χ4v) is 4.79. The molecule has 8 nitrogen and oxygen atoms in total. The molecule has 10 heteroatoms. The van der Waals surface area contributed by atoms with E-state index in [-0.39, 0.29) is 23.3 Å². The van der Waals surface area contributed by atoms with Crippen LogP contribution in [0.5, 0.6) is 0 Å². The molecule has 0 radical (unpaired) electrons. The highest BCUT2D eigenvalue weighted by Crippen LogP contribution is 2.17. The third-order valence-corrected chi connectivity index (χ3v) is 6.70. The standard InChI is InChI=1S/C20H21N5O3S2/c26-17(23-8-10-24(11-9-23)18(27)16-7-4-12-29-16)14-30-20-22-21-19(28)25(20)13-15-5-2-1-3-6-15/h1-7,12H,8-11,13-14H2,(H,21,28). The molecule has 1 saturated heterocycles. The average molecular weight is 444 g/mol. The fourth-order valence-electron chi connectivity index (χ4n) is 3.25. The Hall–Kier alpha value is -2.85. The number of hydrogen-bond acceptors (Lipinski definition) is 6. The van der Waals surface area contributed by atoms with Crippen LogP contribution in [0.15, 0.2) is 57.8 Å². The molecule has 1 aliphatic heterocycles. The minimum Gasteiger partial charge on any atom is -0.338 e. The van der Waals surface area contributed by atoms with Crippen LogP contribution in [0.3, 0.4) is 0 Å². The molecule has 4 rings (SSSR count). The first-order valence-corrected chi connectivity index (χ1v) is 11.4. The van der Waals surface area contributed by atoms with Gasteiger partial charge in [-0.2, -0.15) is 0 Å². The van der Waals surface area contributed by atoms with Gasteiger partial charge < -0.3 is 9.80 Å². The quantitative estimate of drug-likeness (QED) is 0.586. The van der Waals surface area contributed by atoms with Crippen LogP contribution in [-0.2, 0) is 11.3 Å². The molecule has 0 saturated carbocycles. The Morgan fingerprint density at radius 1 is 1.03 bits per heavy atom. The molecule has 1 aromatic carbocycles. The topological polar surface area (TPSA) is 91.3 Å². The lowest BCUT2D eigenvalue weighted by Gasteiger charge is -2.34. The van der Waals surface area contributed by atoms with Gasteiger partial charge in [0.2, 0.25) is 5.91 Å². The number of hydrogen-bond donors (Lipinski definition) is 1. The zero-order chi connectivity index (χ0) is 20.9. The molecule has 0 aliphatic carbocycles. The predicted molar refractivity (Wildman–Crippen MR) is 116 cm³/mol. The van der Waals surface area contributed by atoms with Gasteiger partial charge in [0.15, 0.2) is 5.16 Å². The van der Waals surface area contributed by atoms with Gasteiger partial charge in [0.05, 0.1) is 17.2 Å². The number of nitrogens with zero attached hydrogens (tertiary/aromatic N) is 4. The lowest BCUT2D eigenvalue weighted by atomic mass is 10.2. The zero-order valence-electron chi connectivity index (χ0n) is 16.2. The molecular weight excluding hydrogens is 422 g/mol. The first-order chi connectivity index (χ1) is 14.6. The summed E-state index contributed by atoms with van der Waals surface area (Å²) in [5.74, 6) is 0.190. The van der Waals surface area contributed by atoms with Crippen molar-refractivity contribution in [3.8, 4) is 0 Å². The predicted octanol–water partition coefficient (Wildman–Crippen LogP) is 1.76. The summed E-state index contributed by atoms with van der Waals surface area (Å²) >= 11 is 2.67. The van der Waals surface area contributed by atoms with Crippen LogP contribution in [0.1, 0.15) is 15.2 Å². The Labute approximate surface area is 181 Å². The first-order valence-electron chi connectivity index (χ1n) is 9.54. The minimum absolute atomic E-state index is 0.0212. The van der Waals surface area contributed by atoms with Crippen molar-refractivity contribution >= 4 is 34.9 Å². The van der Waals surface area contributed by atoms with Gasteiger partial charge in [-0.3, -0.25) is 14.2 Å². The van der Waals surface area contributed by atoms with E-state index in [0.717, 1.165) is 10.4 Å². The molecule has 2 amide bonds. The highest BCUT2D eigenvalue weighted by atomic mass is 32.2. The molecule has 0 unspecified atom stereocenters. The van der Waals surface area contributed by atoms with Crippen LogP contribution >= 0.6 is 23.1 Å². The van der Waals surface area contributed by atoms with Gasteiger partial charge in [-0.25, -0.2) is 9.89 Å². The van der Waals surface area contributed by atoms with Gasteiger partial charge in [-0.05, 0) is 17.0 Å². The average Bonchev–Trinajstić information content (AvgIpc) is 3.43. The summed E-state index contributed by atoms with van der Waals surface area (Å²) in [5, 5.41) is 8.89. The fraction of sp³-hybridized carbons (Fsp3) is 0.300. The number of aromatic amines is 1. The van der Waals surface area contributed by atoms with E-state index in [1.165, 1.54) is 27.7 Å². The second-order valence-electron chi connectivity index (χ2n) is 6.82. The molecule has 3 heterocycles. The third-order valence-electron chi connectivity index (χ3n) is 4.88. The number of rotatable bonds is 6. The van der Waals surface area contributed by atoms with Crippen LogP contribution in [0.25, 0.3) is 0 Å². The van der Waals surface area contributed by atoms with Crippen LogP contribution in [0, 0.1) is 0 Å². The van der Waals surface area contributed by atoms with Crippen molar-refractivity contribution in [3.05, 3.63) is 68.8 Å². The van der Waals surface area contributed by atoms with Crippen LogP contribution in [-0.4, -0.2) is 68.3 Å². The number of nitrogens with one attached hydrogen (secondary N) is 1. The molecule has 0 bridgehead atoms. The molecule has 156 valence electrons. The van der Waals surface area contributed by atoms with E-state index < -0.39 is 0 Å². The summed E-state index contributed by atoms with van der Waals surface area (Å²) in [5.41, 5.74) is 0.690. The van der Waals surface area contributed by atoms with E-state index in [1.807, 2.05) is 47.8 Å². The zero-order valence-corrected chi connectivity index (χ0v) is 17.8. The van der Waals surface area contributed by atoms with E-state index in [1.54, 1.807) is 9.80 Å². The van der Waals surface area contributed by atoms with Crippen molar-refractivity contribution in [1.29, 1.82) is 0 Å². The summed E-state index contributed by atoms with van der Waals surface area (Å²) in [6, 6.07) is 13.3. The maximum Gasteiger partial charge on any atom is 0.344 e. The Bertz CT molecular complexity index is 1050.